The third kappa shape index (κ3) is 4.59. The summed E-state index contributed by atoms with van der Waals surface area (Å²) >= 11 is 0. The summed E-state index contributed by atoms with van der Waals surface area (Å²) in [5, 5.41) is 0. The predicted octanol–water partition coefficient (Wildman–Crippen LogP) is 4.16. The zero-order chi connectivity index (χ0) is 16.7. The number of amides is 1. The number of nitrogens with zero attached hydrogens (tertiary/aromatic N) is 2. The summed E-state index contributed by atoms with van der Waals surface area (Å²) in [6, 6.07) is 12.6. The first kappa shape index (κ1) is 17.1. The fraction of sp³-hybridized carbons (Fsp3) is 0.350. The second-order valence-electron chi connectivity index (χ2n) is 5.87. The highest BCUT2D eigenvalue weighted by Gasteiger charge is 2.14. The Balaban J connectivity index is 2.14. The van der Waals surface area contributed by atoms with Crippen molar-refractivity contribution in [3.8, 4) is 0 Å². The minimum atomic E-state index is 0.191. The smallest absolute Gasteiger partial charge is 0.223 e. The van der Waals surface area contributed by atoms with Crippen LogP contribution in [0, 0.1) is 6.92 Å². The summed E-state index contributed by atoms with van der Waals surface area (Å²) < 4.78 is 2.22. The molecule has 122 valence electrons. The first-order valence-electron chi connectivity index (χ1n) is 8.23. The minimum Gasteiger partial charge on any atom is -0.345 e. The van der Waals surface area contributed by atoms with Crippen molar-refractivity contribution in [2.24, 2.45) is 0 Å². The standard InChI is InChI=1S/C20H26N2O/c1-4-9-20(23)22(13-5-2)16-19-12-8-14-21(19)15-18-11-7-6-10-17(18)3/h5-8,10-12,14H,2,4,9,13,15-16H2,1,3H3. The van der Waals surface area contributed by atoms with E-state index in [9.17, 15) is 4.79 Å². The molecule has 0 atom stereocenters. The molecule has 0 unspecified atom stereocenters. The number of carbonyl (C=O) groups is 1. The van der Waals surface area contributed by atoms with E-state index in [-0.39, 0.29) is 5.91 Å². The second-order valence-corrected chi connectivity index (χ2v) is 5.87. The van der Waals surface area contributed by atoms with Gasteiger partial charge in [-0.1, -0.05) is 37.3 Å². The topological polar surface area (TPSA) is 25.2 Å². The van der Waals surface area contributed by atoms with E-state index < -0.39 is 0 Å². The minimum absolute atomic E-state index is 0.191. The summed E-state index contributed by atoms with van der Waals surface area (Å²) in [6.45, 7) is 9.99. The molecule has 0 saturated heterocycles. The fourth-order valence-electron chi connectivity index (χ4n) is 2.70. The van der Waals surface area contributed by atoms with Gasteiger partial charge in [-0.25, -0.2) is 0 Å². The average molecular weight is 310 g/mol. The molecule has 0 aliphatic rings. The highest BCUT2D eigenvalue weighted by atomic mass is 16.2. The van der Waals surface area contributed by atoms with Crippen LogP contribution in [0.25, 0.3) is 0 Å². The molecule has 1 aromatic carbocycles. The van der Waals surface area contributed by atoms with Crippen molar-refractivity contribution >= 4 is 5.91 Å². The largest absolute Gasteiger partial charge is 0.345 e. The molecule has 3 nitrogen and oxygen atoms in total. The molecule has 3 heteroatoms. The van der Waals surface area contributed by atoms with Gasteiger partial charge in [0, 0.05) is 31.4 Å². The average Bonchev–Trinajstić information content (AvgIpc) is 2.96. The maximum absolute atomic E-state index is 12.3. The van der Waals surface area contributed by atoms with Crippen molar-refractivity contribution in [2.75, 3.05) is 6.54 Å². The number of carbonyl (C=O) groups excluding carboxylic acids is 1. The molecule has 0 N–H and O–H groups in total. The van der Waals surface area contributed by atoms with E-state index in [1.807, 2.05) is 17.9 Å². The van der Waals surface area contributed by atoms with Crippen LogP contribution >= 0.6 is 0 Å². The number of rotatable bonds is 8. The fourth-order valence-corrected chi connectivity index (χ4v) is 2.70. The Morgan fingerprint density at radius 1 is 1.26 bits per heavy atom. The Morgan fingerprint density at radius 3 is 2.74 bits per heavy atom. The van der Waals surface area contributed by atoms with Crippen molar-refractivity contribution < 1.29 is 4.79 Å². The lowest BCUT2D eigenvalue weighted by molar-refractivity contribution is -0.131. The highest BCUT2D eigenvalue weighted by Crippen LogP contribution is 2.14. The molecule has 0 aliphatic heterocycles. The van der Waals surface area contributed by atoms with Gasteiger partial charge >= 0.3 is 0 Å². The van der Waals surface area contributed by atoms with E-state index in [4.69, 9.17) is 0 Å². The van der Waals surface area contributed by atoms with E-state index >= 15 is 0 Å². The van der Waals surface area contributed by atoms with Gasteiger partial charge in [0.15, 0.2) is 0 Å². The van der Waals surface area contributed by atoms with E-state index in [2.05, 4.69) is 54.6 Å². The Morgan fingerprint density at radius 2 is 2.04 bits per heavy atom. The van der Waals surface area contributed by atoms with Gasteiger partial charge in [-0.05, 0) is 36.6 Å². The number of aryl methyl sites for hydroxylation is 1. The molecular formula is C20H26N2O. The van der Waals surface area contributed by atoms with Crippen LogP contribution in [0.15, 0.2) is 55.3 Å². The van der Waals surface area contributed by atoms with Crippen molar-refractivity contribution in [2.45, 2.75) is 39.8 Å². The van der Waals surface area contributed by atoms with Crippen LogP contribution < -0.4 is 0 Å². The molecule has 0 bridgehead atoms. The van der Waals surface area contributed by atoms with Crippen LogP contribution in [0.3, 0.4) is 0 Å². The van der Waals surface area contributed by atoms with Gasteiger partial charge in [0.05, 0.1) is 6.54 Å². The number of hydrogen-bond donors (Lipinski definition) is 0. The number of hydrogen-bond acceptors (Lipinski definition) is 1. The Kier molecular flexibility index (Phi) is 6.21. The Hall–Kier alpha value is -2.29. The zero-order valence-corrected chi connectivity index (χ0v) is 14.2. The van der Waals surface area contributed by atoms with Gasteiger partial charge in [0.25, 0.3) is 0 Å². The third-order valence-corrected chi connectivity index (χ3v) is 4.04. The van der Waals surface area contributed by atoms with Gasteiger partial charge in [-0.15, -0.1) is 6.58 Å². The SMILES string of the molecule is C=CCN(Cc1cccn1Cc1ccccc1C)C(=O)CCC. The predicted molar refractivity (Wildman–Crippen MR) is 95.2 cm³/mol. The van der Waals surface area contributed by atoms with Crippen LogP contribution in [0.1, 0.15) is 36.6 Å². The molecule has 0 saturated carbocycles. The van der Waals surface area contributed by atoms with Crippen LogP contribution in [-0.4, -0.2) is 21.9 Å². The second kappa shape index (κ2) is 8.37. The monoisotopic (exact) mass is 310 g/mol. The maximum Gasteiger partial charge on any atom is 0.223 e. The van der Waals surface area contributed by atoms with Crippen molar-refractivity contribution in [3.63, 3.8) is 0 Å². The molecular weight excluding hydrogens is 284 g/mol. The normalized spacial score (nSPS) is 10.5. The van der Waals surface area contributed by atoms with Gasteiger partial charge < -0.3 is 9.47 Å². The van der Waals surface area contributed by atoms with Gasteiger partial charge in [0.1, 0.15) is 0 Å². The number of benzene rings is 1. The maximum atomic E-state index is 12.3. The molecule has 23 heavy (non-hydrogen) atoms. The van der Waals surface area contributed by atoms with Crippen LogP contribution in [0.2, 0.25) is 0 Å². The molecule has 0 spiro atoms. The van der Waals surface area contributed by atoms with Crippen molar-refractivity contribution in [1.29, 1.82) is 0 Å². The molecule has 0 aliphatic carbocycles. The third-order valence-electron chi connectivity index (χ3n) is 4.04. The van der Waals surface area contributed by atoms with E-state index in [0.717, 1.165) is 18.7 Å². The first-order valence-corrected chi connectivity index (χ1v) is 8.23. The van der Waals surface area contributed by atoms with Gasteiger partial charge in [-0.2, -0.15) is 0 Å². The van der Waals surface area contributed by atoms with Crippen LogP contribution in [-0.2, 0) is 17.9 Å². The van der Waals surface area contributed by atoms with Crippen molar-refractivity contribution in [3.05, 3.63) is 72.1 Å². The number of aromatic nitrogens is 1. The van der Waals surface area contributed by atoms with E-state index in [1.165, 1.54) is 11.1 Å². The van der Waals surface area contributed by atoms with Crippen molar-refractivity contribution in [1.82, 2.24) is 9.47 Å². The molecule has 1 aromatic heterocycles. The molecule has 0 radical (unpaired) electrons. The van der Waals surface area contributed by atoms with Crippen LogP contribution in [0.5, 0.6) is 0 Å². The summed E-state index contributed by atoms with van der Waals surface area (Å²) in [7, 11) is 0. The highest BCUT2D eigenvalue weighted by molar-refractivity contribution is 5.76. The van der Waals surface area contributed by atoms with Crippen LogP contribution in [0.4, 0.5) is 0 Å². The Labute approximate surface area is 139 Å². The summed E-state index contributed by atoms with van der Waals surface area (Å²) in [5.74, 6) is 0.191. The van der Waals surface area contributed by atoms with E-state index in [1.54, 1.807) is 6.08 Å². The quantitative estimate of drug-likeness (QED) is 0.672. The Bertz CT molecular complexity index is 657. The molecule has 2 aromatic rings. The summed E-state index contributed by atoms with van der Waals surface area (Å²) in [6.07, 6.45) is 5.34. The van der Waals surface area contributed by atoms with Gasteiger partial charge in [-0.3, -0.25) is 4.79 Å². The lowest BCUT2D eigenvalue weighted by Gasteiger charge is -2.22. The lowest BCUT2D eigenvalue weighted by atomic mass is 10.1. The molecule has 1 amide bonds. The summed E-state index contributed by atoms with van der Waals surface area (Å²) in [4.78, 5) is 14.1. The first-order chi connectivity index (χ1) is 11.2. The molecule has 0 fully saturated rings. The summed E-state index contributed by atoms with van der Waals surface area (Å²) in [5.41, 5.74) is 3.75. The van der Waals surface area contributed by atoms with E-state index in [0.29, 0.717) is 19.5 Å². The lowest BCUT2D eigenvalue weighted by Crippen LogP contribution is -2.31. The molecule has 2 rings (SSSR count). The van der Waals surface area contributed by atoms with Gasteiger partial charge in [0.2, 0.25) is 5.91 Å². The molecule has 1 heterocycles. The zero-order valence-electron chi connectivity index (χ0n) is 14.2.